The largest absolute Gasteiger partial charge is 0.481 e. The molecule has 86 valence electrons. The topological polar surface area (TPSA) is 113 Å². The Balaban J connectivity index is 3.69. The van der Waals surface area contributed by atoms with Crippen LogP contribution in [0, 0.1) is 0 Å². The second-order valence-corrected chi connectivity index (χ2v) is 3.04. The van der Waals surface area contributed by atoms with Gasteiger partial charge >= 0.3 is 12.0 Å². The number of amides is 3. The number of carbonyl (C=O) groups excluding carboxylic acids is 2. The summed E-state index contributed by atoms with van der Waals surface area (Å²) in [4.78, 5) is 33.0. The van der Waals surface area contributed by atoms with E-state index in [0.29, 0.717) is 13.0 Å². The van der Waals surface area contributed by atoms with Crippen molar-refractivity contribution in [2.45, 2.75) is 12.8 Å². The van der Waals surface area contributed by atoms with Crippen LogP contribution in [-0.4, -0.2) is 48.1 Å². The van der Waals surface area contributed by atoms with E-state index >= 15 is 0 Å². The quantitative estimate of drug-likeness (QED) is 0.528. The minimum Gasteiger partial charge on any atom is -0.481 e. The van der Waals surface area contributed by atoms with E-state index in [1.807, 2.05) is 0 Å². The first-order valence-corrected chi connectivity index (χ1v) is 4.42. The number of hydrogen-bond acceptors (Lipinski definition) is 3. The Labute approximate surface area is 87.2 Å². The van der Waals surface area contributed by atoms with Crippen LogP contribution in [0.5, 0.6) is 0 Å². The van der Waals surface area contributed by atoms with Crippen molar-refractivity contribution < 1.29 is 19.5 Å². The number of hydrogen-bond donors (Lipinski definition) is 3. The summed E-state index contributed by atoms with van der Waals surface area (Å²) in [5.41, 5.74) is 4.83. The molecule has 0 rings (SSSR count). The lowest BCUT2D eigenvalue weighted by molar-refractivity contribution is -0.137. The molecule has 0 aliphatic carbocycles. The summed E-state index contributed by atoms with van der Waals surface area (Å²) >= 11 is 0. The number of primary amides is 1. The van der Waals surface area contributed by atoms with Gasteiger partial charge in [0.2, 0.25) is 5.91 Å². The smallest absolute Gasteiger partial charge is 0.317 e. The Bertz CT molecular complexity index is 254. The van der Waals surface area contributed by atoms with Crippen LogP contribution in [0.1, 0.15) is 12.8 Å². The molecule has 3 amide bonds. The van der Waals surface area contributed by atoms with E-state index in [0.717, 1.165) is 0 Å². The first-order chi connectivity index (χ1) is 6.93. The Morgan fingerprint density at radius 3 is 2.47 bits per heavy atom. The molecule has 0 atom stereocenters. The van der Waals surface area contributed by atoms with E-state index in [-0.39, 0.29) is 13.0 Å². The average Bonchev–Trinajstić information content (AvgIpc) is 2.13. The Kier molecular flexibility index (Phi) is 5.84. The molecule has 0 aromatic heterocycles. The minimum absolute atomic E-state index is 0.00738. The zero-order chi connectivity index (χ0) is 11.8. The Morgan fingerprint density at radius 2 is 2.00 bits per heavy atom. The zero-order valence-electron chi connectivity index (χ0n) is 8.52. The highest BCUT2D eigenvalue weighted by atomic mass is 16.4. The van der Waals surface area contributed by atoms with E-state index in [2.05, 4.69) is 5.32 Å². The first kappa shape index (κ1) is 13.2. The number of urea groups is 1. The highest BCUT2D eigenvalue weighted by Crippen LogP contribution is 1.93. The summed E-state index contributed by atoms with van der Waals surface area (Å²) in [6.45, 7) is 0.0962. The van der Waals surface area contributed by atoms with Gasteiger partial charge in [-0.25, -0.2) is 4.79 Å². The Morgan fingerprint density at radius 1 is 1.40 bits per heavy atom. The van der Waals surface area contributed by atoms with Crippen LogP contribution in [0.25, 0.3) is 0 Å². The van der Waals surface area contributed by atoms with Gasteiger partial charge in [-0.05, 0) is 6.42 Å². The van der Waals surface area contributed by atoms with Crippen LogP contribution >= 0.6 is 0 Å². The van der Waals surface area contributed by atoms with Gasteiger partial charge in [-0.3, -0.25) is 9.59 Å². The third-order valence-corrected chi connectivity index (χ3v) is 1.64. The highest BCUT2D eigenvalue weighted by Gasteiger charge is 2.08. The van der Waals surface area contributed by atoms with E-state index in [4.69, 9.17) is 10.8 Å². The lowest BCUT2D eigenvalue weighted by Gasteiger charge is -2.16. The molecule has 7 heteroatoms. The third-order valence-electron chi connectivity index (χ3n) is 1.64. The average molecular weight is 217 g/mol. The fourth-order valence-electron chi connectivity index (χ4n) is 0.867. The van der Waals surface area contributed by atoms with E-state index in [1.165, 1.54) is 11.9 Å². The molecule has 15 heavy (non-hydrogen) atoms. The molecule has 0 aromatic carbocycles. The van der Waals surface area contributed by atoms with Crippen molar-refractivity contribution in [3.05, 3.63) is 0 Å². The number of carboxylic acids is 1. The summed E-state index contributed by atoms with van der Waals surface area (Å²) in [5.74, 6) is -1.52. The number of aliphatic carboxylic acids is 1. The van der Waals surface area contributed by atoms with Crippen LogP contribution in [-0.2, 0) is 9.59 Å². The maximum atomic E-state index is 11.2. The SMILES string of the molecule is CN(CCCC(=O)O)C(=O)NCC(N)=O. The molecule has 0 heterocycles. The predicted octanol–water partition coefficient (Wildman–Crippen LogP) is -1.02. The van der Waals surface area contributed by atoms with Crippen molar-refractivity contribution in [1.82, 2.24) is 10.2 Å². The number of nitrogens with zero attached hydrogens (tertiary/aromatic N) is 1. The summed E-state index contributed by atoms with van der Waals surface area (Å²) in [6, 6.07) is -0.445. The molecule has 0 saturated heterocycles. The van der Waals surface area contributed by atoms with Crippen molar-refractivity contribution >= 4 is 17.9 Å². The lowest BCUT2D eigenvalue weighted by atomic mass is 10.3. The normalized spacial score (nSPS) is 9.40. The minimum atomic E-state index is -0.902. The second kappa shape index (κ2) is 6.63. The van der Waals surface area contributed by atoms with Crippen molar-refractivity contribution in [1.29, 1.82) is 0 Å². The van der Waals surface area contributed by atoms with Gasteiger partial charge in [0.1, 0.15) is 0 Å². The molecular weight excluding hydrogens is 202 g/mol. The highest BCUT2D eigenvalue weighted by molar-refractivity contribution is 5.82. The zero-order valence-corrected chi connectivity index (χ0v) is 8.52. The molecule has 0 aromatic rings. The van der Waals surface area contributed by atoms with Gasteiger partial charge < -0.3 is 21.1 Å². The van der Waals surface area contributed by atoms with Gasteiger partial charge in [0, 0.05) is 20.0 Å². The van der Waals surface area contributed by atoms with Crippen LogP contribution in [0.2, 0.25) is 0 Å². The molecule has 7 nitrogen and oxygen atoms in total. The fraction of sp³-hybridized carbons (Fsp3) is 0.625. The molecule has 0 saturated carbocycles. The van der Waals surface area contributed by atoms with Crippen molar-refractivity contribution in [3.63, 3.8) is 0 Å². The molecule has 0 aliphatic heterocycles. The van der Waals surface area contributed by atoms with Crippen molar-refractivity contribution in [3.8, 4) is 0 Å². The van der Waals surface area contributed by atoms with Gasteiger partial charge in [0.15, 0.2) is 0 Å². The molecule has 0 radical (unpaired) electrons. The maximum Gasteiger partial charge on any atom is 0.317 e. The van der Waals surface area contributed by atoms with Gasteiger partial charge in [-0.2, -0.15) is 0 Å². The number of nitrogens with one attached hydrogen (secondary N) is 1. The van der Waals surface area contributed by atoms with Gasteiger partial charge in [-0.1, -0.05) is 0 Å². The number of carbonyl (C=O) groups is 3. The monoisotopic (exact) mass is 217 g/mol. The molecule has 0 spiro atoms. The number of carboxylic acid groups (broad SMARTS) is 1. The molecular formula is C8H15N3O4. The van der Waals surface area contributed by atoms with E-state index in [9.17, 15) is 14.4 Å². The predicted molar refractivity (Wildman–Crippen MR) is 52.1 cm³/mol. The fourth-order valence-corrected chi connectivity index (χ4v) is 0.867. The first-order valence-electron chi connectivity index (χ1n) is 4.42. The number of nitrogens with two attached hydrogens (primary N) is 1. The second-order valence-electron chi connectivity index (χ2n) is 3.04. The Hall–Kier alpha value is -1.79. The molecule has 0 bridgehead atoms. The summed E-state index contributed by atoms with van der Waals surface area (Å²) in [7, 11) is 1.51. The molecule has 0 aliphatic rings. The van der Waals surface area contributed by atoms with Crippen molar-refractivity contribution in [2.24, 2.45) is 5.73 Å². The maximum absolute atomic E-state index is 11.2. The third kappa shape index (κ3) is 7.29. The van der Waals surface area contributed by atoms with Crippen molar-refractivity contribution in [2.75, 3.05) is 20.1 Å². The lowest BCUT2D eigenvalue weighted by Crippen LogP contribution is -2.41. The summed E-state index contributed by atoms with van der Waals surface area (Å²) in [5, 5.41) is 10.6. The van der Waals surface area contributed by atoms with Crippen LogP contribution < -0.4 is 11.1 Å². The molecule has 0 fully saturated rings. The standard InChI is InChI=1S/C8H15N3O4/c1-11(4-2-3-7(13)14)8(15)10-5-6(9)12/h2-5H2,1H3,(H2,9,12)(H,10,15)(H,13,14). The van der Waals surface area contributed by atoms with E-state index in [1.54, 1.807) is 0 Å². The molecule has 4 N–H and O–H groups in total. The van der Waals surface area contributed by atoms with E-state index < -0.39 is 17.9 Å². The van der Waals surface area contributed by atoms with Gasteiger partial charge in [-0.15, -0.1) is 0 Å². The molecule has 0 unspecified atom stereocenters. The summed E-state index contributed by atoms with van der Waals surface area (Å²) in [6.07, 6.45) is 0.378. The van der Waals surface area contributed by atoms with Gasteiger partial charge in [0.25, 0.3) is 0 Å². The van der Waals surface area contributed by atoms with Crippen LogP contribution in [0.15, 0.2) is 0 Å². The van der Waals surface area contributed by atoms with Crippen LogP contribution in [0.3, 0.4) is 0 Å². The van der Waals surface area contributed by atoms with Crippen LogP contribution in [0.4, 0.5) is 4.79 Å². The number of rotatable bonds is 6. The van der Waals surface area contributed by atoms with Gasteiger partial charge in [0.05, 0.1) is 6.54 Å². The summed E-state index contributed by atoms with van der Waals surface area (Å²) < 4.78 is 0.